The first-order valence-corrected chi connectivity index (χ1v) is 8.42. The molecule has 7 nitrogen and oxygen atoms in total. The number of hydrogen-bond donors (Lipinski definition) is 0. The van der Waals surface area contributed by atoms with Gasteiger partial charge in [-0.1, -0.05) is 25.5 Å². The maximum Gasteiger partial charge on any atom is 0.275 e. The second-order valence-corrected chi connectivity index (χ2v) is 6.57. The fourth-order valence-electron chi connectivity index (χ4n) is 2.78. The second kappa shape index (κ2) is 7.03. The van der Waals surface area contributed by atoms with Crippen LogP contribution < -0.4 is 10.5 Å². The van der Waals surface area contributed by atoms with Crippen molar-refractivity contribution < 1.29 is 4.79 Å². The van der Waals surface area contributed by atoms with Gasteiger partial charge in [-0.25, -0.2) is 9.67 Å². The van der Waals surface area contributed by atoms with Crippen molar-refractivity contribution in [2.45, 2.75) is 33.2 Å². The van der Waals surface area contributed by atoms with Gasteiger partial charge < -0.3 is 0 Å². The molecule has 1 amide bonds. The van der Waals surface area contributed by atoms with E-state index in [-0.39, 0.29) is 23.9 Å². The molecule has 0 saturated carbocycles. The molecule has 1 aromatic carbocycles. The van der Waals surface area contributed by atoms with Crippen molar-refractivity contribution in [1.82, 2.24) is 19.7 Å². The predicted octanol–water partition coefficient (Wildman–Crippen LogP) is 2.28. The van der Waals surface area contributed by atoms with Crippen molar-refractivity contribution in [3.8, 4) is 0 Å². The zero-order valence-corrected chi connectivity index (χ0v) is 15.3. The molecule has 0 bridgehead atoms. The Hall–Kier alpha value is -3.09. The first-order valence-electron chi connectivity index (χ1n) is 8.42. The second-order valence-electron chi connectivity index (χ2n) is 6.57. The third-order valence-electron chi connectivity index (χ3n) is 4.24. The number of aromatic nitrogens is 4. The molecule has 3 aromatic rings. The number of benzene rings is 1. The standard InChI is InChI=1S/C19H21N5O2/c1-12(2)18-15-9-13(3)5-6-14(15)19(26)24(22-18)11-17(25)23(4)16-10-20-7-8-21-16/h5-10,12H,11H2,1-4H3. The van der Waals surface area contributed by atoms with E-state index in [4.69, 9.17) is 0 Å². The summed E-state index contributed by atoms with van der Waals surface area (Å²) in [4.78, 5) is 34.8. The molecule has 3 rings (SSSR count). The van der Waals surface area contributed by atoms with Crippen LogP contribution in [0.25, 0.3) is 10.8 Å². The normalized spacial score (nSPS) is 11.1. The Morgan fingerprint density at radius 3 is 2.65 bits per heavy atom. The zero-order valence-electron chi connectivity index (χ0n) is 15.3. The Kier molecular flexibility index (Phi) is 4.79. The van der Waals surface area contributed by atoms with Gasteiger partial charge in [-0.05, 0) is 25.0 Å². The molecule has 0 aliphatic carbocycles. The molecule has 0 aliphatic rings. The van der Waals surface area contributed by atoms with Crippen molar-refractivity contribution in [2.75, 3.05) is 11.9 Å². The number of fused-ring (bicyclic) bond motifs is 1. The molecule has 0 atom stereocenters. The average Bonchev–Trinajstić information content (AvgIpc) is 2.63. The van der Waals surface area contributed by atoms with Gasteiger partial charge in [0.1, 0.15) is 6.54 Å². The summed E-state index contributed by atoms with van der Waals surface area (Å²) in [7, 11) is 1.60. The van der Waals surface area contributed by atoms with Crippen LogP contribution >= 0.6 is 0 Å². The molecule has 0 saturated heterocycles. The summed E-state index contributed by atoms with van der Waals surface area (Å²) in [6.45, 7) is 5.86. The van der Waals surface area contributed by atoms with Gasteiger partial charge in [-0.2, -0.15) is 5.10 Å². The highest BCUT2D eigenvalue weighted by Gasteiger charge is 2.18. The molecule has 0 N–H and O–H groups in total. The SMILES string of the molecule is Cc1ccc2c(=O)n(CC(=O)N(C)c3cnccn3)nc(C(C)C)c2c1. The average molecular weight is 351 g/mol. The number of amides is 1. The summed E-state index contributed by atoms with van der Waals surface area (Å²) in [6.07, 6.45) is 4.55. The Balaban J connectivity index is 2.03. The van der Waals surface area contributed by atoms with Crippen LogP contribution in [0.4, 0.5) is 5.82 Å². The number of hydrogen-bond acceptors (Lipinski definition) is 5. The quantitative estimate of drug-likeness (QED) is 0.720. The number of likely N-dealkylation sites (N-methyl/N-ethyl adjacent to an activating group) is 1. The van der Waals surface area contributed by atoms with Gasteiger partial charge in [0.05, 0.1) is 17.3 Å². The number of carbonyl (C=O) groups is 1. The van der Waals surface area contributed by atoms with Crippen LogP contribution in [0, 0.1) is 6.92 Å². The van der Waals surface area contributed by atoms with E-state index in [0.29, 0.717) is 11.2 Å². The van der Waals surface area contributed by atoms with Crippen molar-refractivity contribution in [3.05, 3.63) is 58.4 Å². The lowest BCUT2D eigenvalue weighted by Crippen LogP contribution is -2.36. The minimum absolute atomic E-state index is 0.124. The van der Waals surface area contributed by atoms with Gasteiger partial charge >= 0.3 is 0 Å². The molecule has 7 heteroatoms. The minimum atomic E-state index is -0.290. The lowest BCUT2D eigenvalue weighted by molar-refractivity contribution is -0.119. The largest absolute Gasteiger partial charge is 0.297 e. The Labute approximate surface area is 151 Å². The molecule has 0 fully saturated rings. The summed E-state index contributed by atoms with van der Waals surface area (Å²) >= 11 is 0. The Morgan fingerprint density at radius 1 is 1.23 bits per heavy atom. The van der Waals surface area contributed by atoms with Crippen molar-refractivity contribution in [3.63, 3.8) is 0 Å². The highest BCUT2D eigenvalue weighted by atomic mass is 16.2. The molecule has 0 aliphatic heterocycles. The van der Waals surface area contributed by atoms with Gasteiger partial charge in [0, 0.05) is 24.8 Å². The molecular weight excluding hydrogens is 330 g/mol. The van der Waals surface area contributed by atoms with Crippen LogP contribution in [0.3, 0.4) is 0 Å². The van der Waals surface area contributed by atoms with E-state index < -0.39 is 0 Å². The molecule has 0 unspecified atom stereocenters. The highest BCUT2D eigenvalue weighted by Crippen LogP contribution is 2.22. The Bertz CT molecular complexity index is 1010. The van der Waals surface area contributed by atoms with E-state index in [1.165, 1.54) is 28.2 Å². The van der Waals surface area contributed by atoms with E-state index in [1.54, 1.807) is 13.1 Å². The summed E-state index contributed by atoms with van der Waals surface area (Å²) in [5.41, 5.74) is 1.60. The number of aryl methyl sites for hydroxylation is 1. The molecule has 2 aromatic heterocycles. The lowest BCUT2D eigenvalue weighted by atomic mass is 10.0. The van der Waals surface area contributed by atoms with E-state index in [1.807, 2.05) is 32.9 Å². The van der Waals surface area contributed by atoms with Crippen LogP contribution in [-0.4, -0.2) is 32.7 Å². The highest BCUT2D eigenvalue weighted by molar-refractivity contribution is 5.91. The molecule has 0 spiro atoms. The maximum atomic E-state index is 12.8. The van der Waals surface area contributed by atoms with Crippen molar-refractivity contribution >= 4 is 22.5 Å². The monoisotopic (exact) mass is 351 g/mol. The zero-order chi connectivity index (χ0) is 18.8. The maximum absolute atomic E-state index is 12.8. The first kappa shape index (κ1) is 17.7. The van der Waals surface area contributed by atoms with Crippen LogP contribution in [-0.2, 0) is 11.3 Å². The molecule has 26 heavy (non-hydrogen) atoms. The van der Waals surface area contributed by atoms with Crippen molar-refractivity contribution in [2.24, 2.45) is 0 Å². The van der Waals surface area contributed by atoms with E-state index >= 15 is 0 Å². The van der Waals surface area contributed by atoms with Crippen LogP contribution in [0.15, 0.2) is 41.6 Å². The summed E-state index contributed by atoms with van der Waals surface area (Å²) in [5.74, 6) is 0.256. The smallest absolute Gasteiger partial charge is 0.275 e. The van der Waals surface area contributed by atoms with Gasteiger partial charge in [-0.15, -0.1) is 0 Å². The third-order valence-corrected chi connectivity index (χ3v) is 4.24. The minimum Gasteiger partial charge on any atom is -0.297 e. The summed E-state index contributed by atoms with van der Waals surface area (Å²) < 4.78 is 1.24. The molecular formula is C19H21N5O2. The van der Waals surface area contributed by atoms with Crippen LogP contribution in [0.5, 0.6) is 0 Å². The summed E-state index contributed by atoms with van der Waals surface area (Å²) in [5, 5.41) is 5.89. The van der Waals surface area contributed by atoms with Crippen molar-refractivity contribution in [1.29, 1.82) is 0 Å². The molecule has 2 heterocycles. The third kappa shape index (κ3) is 3.33. The Morgan fingerprint density at radius 2 is 2.00 bits per heavy atom. The fraction of sp³-hybridized carbons (Fsp3) is 0.316. The van der Waals surface area contributed by atoms with Gasteiger partial charge in [0.15, 0.2) is 5.82 Å². The first-order chi connectivity index (χ1) is 12.4. The van der Waals surface area contributed by atoms with E-state index in [2.05, 4.69) is 15.1 Å². The predicted molar refractivity (Wildman–Crippen MR) is 100 cm³/mol. The number of rotatable bonds is 4. The van der Waals surface area contributed by atoms with E-state index in [9.17, 15) is 9.59 Å². The molecule has 134 valence electrons. The fourth-order valence-corrected chi connectivity index (χ4v) is 2.78. The topological polar surface area (TPSA) is 81.0 Å². The van der Waals surface area contributed by atoms with Crippen LogP contribution in [0.1, 0.15) is 31.0 Å². The van der Waals surface area contributed by atoms with E-state index in [0.717, 1.165) is 16.6 Å². The van der Waals surface area contributed by atoms with Gasteiger partial charge in [-0.3, -0.25) is 19.5 Å². The van der Waals surface area contributed by atoms with Gasteiger partial charge in [0.2, 0.25) is 5.91 Å². The van der Waals surface area contributed by atoms with Gasteiger partial charge in [0.25, 0.3) is 5.56 Å². The van der Waals surface area contributed by atoms with Crippen LogP contribution in [0.2, 0.25) is 0 Å². The number of nitrogens with zero attached hydrogens (tertiary/aromatic N) is 5. The lowest BCUT2D eigenvalue weighted by Gasteiger charge is -2.17. The number of anilines is 1. The summed E-state index contributed by atoms with van der Waals surface area (Å²) in [6, 6.07) is 5.66. The molecule has 0 radical (unpaired) electrons. The number of carbonyl (C=O) groups excluding carboxylic acids is 1.